The molecule has 0 unspecified atom stereocenters. The van der Waals surface area contributed by atoms with Gasteiger partial charge in [-0.2, -0.15) is 10.2 Å². The monoisotopic (exact) mass is 456 g/mol. The van der Waals surface area contributed by atoms with Crippen LogP contribution in [0.3, 0.4) is 0 Å². The summed E-state index contributed by atoms with van der Waals surface area (Å²) < 4.78 is 10.2. The van der Waals surface area contributed by atoms with E-state index in [-0.39, 0.29) is 0 Å². The second-order valence-electron chi connectivity index (χ2n) is 8.39. The number of imidazole rings is 1. The Morgan fingerprint density at radius 1 is 0.971 bits per heavy atom. The number of tetrazole rings is 1. The van der Waals surface area contributed by atoms with E-state index in [1.807, 2.05) is 13.8 Å². The molecule has 5 rings (SSSR count). The summed E-state index contributed by atoms with van der Waals surface area (Å²) in [6.45, 7) is 12.3. The fraction of sp³-hybridized carbons (Fsp3) is 0.320. The first-order valence-corrected chi connectivity index (χ1v) is 11.5. The maximum absolute atomic E-state index is 5.86. The maximum Gasteiger partial charge on any atom is 0.298 e. The van der Waals surface area contributed by atoms with Crippen LogP contribution in [0.2, 0.25) is 0 Å². The third-order valence-corrected chi connectivity index (χ3v) is 6.03. The zero-order valence-electron chi connectivity index (χ0n) is 20.1. The minimum atomic E-state index is 0.548. The zero-order chi connectivity index (χ0) is 23.8. The van der Waals surface area contributed by atoms with Crippen molar-refractivity contribution in [1.29, 1.82) is 0 Å². The van der Waals surface area contributed by atoms with E-state index in [0.29, 0.717) is 25.0 Å². The van der Waals surface area contributed by atoms with Crippen LogP contribution >= 0.6 is 0 Å². The van der Waals surface area contributed by atoms with Crippen molar-refractivity contribution in [3.05, 3.63) is 58.9 Å². The minimum Gasteiger partial charge on any atom is -0.465 e. The number of hydrogen-bond acceptors (Lipinski definition) is 6. The number of nitrogens with zero attached hydrogens (tertiary/aromatic N) is 7. The summed E-state index contributed by atoms with van der Waals surface area (Å²) in [5.74, 6) is 0.595. The van der Waals surface area contributed by atoms with Gasteiger partial charge in [-0.1, -0.05) is 24.3 Å². The maximum atomic E-state index is 5.86. The van der Waals surface area contributed by atoms with E-state index in [1.165, 1.54) is 0 Å². The Labute approximate surface area is 197 Å². The zero-order valence-corrected chi connectivity index (χ0v) is 20.1. The number of aromatic amines is 1. The molecular weight excluding hydrogens is 428 g/mol. The lowest BCUT2D eigenvalue weighted by Crippen LogP contribution is -2.06. The molecule has 4 heterocycles. The Bertz CT molecular complexity index is 1450. The van der Waals surface area contributed by atoms with Crippen LogP contribution in [-0.4, -0.2) is 46.3 Å². The summed E-state index contributed by atoms with van der Waals surface area (Å²) in [6.07, 6.45) is 0. The first-order valence-electron chi connectivity index (χ1n) is 11.5. The quantitative estimate of drug-likeness (QED) is 0.388. The van der Waals surface area contributed by atoms with Gasteiger partial charge in [0.15, 0.2) is 5.65 Å². The van der Waals surface area contributed by atoms with Crippen LogP contribution in [0.15, 0.2) is 36.4 Å². The van der Waals surface area contributed by atoms with Crippen molar-refractivity contribution in [1.82, 2.24) is 39.7 Å². The minimum absolute atomic E-state index is 0.548. The number of aromatic nitrogens is 8. The molecular formula is C25H28N8O. The predicted molar refractivity (Wildman–Crippen MR) is 131 cm³/mol. The fourth-order valence-corrected chi connectivity index (χ4v) is 4.56. The SMILES string of the molecule is CCOc1nc2c(C)cc(C)nc2n1Cc1ccc(-c2c(-c3nn[nH]n3)cc(C)n2CC)cc1. The van der Waals surface area contributed by atoms with Gasteiger partial charge in [0.25, 0.3) is 6.01 Å². The van der Waals surface area contributed by atoms with Crippen LogP contribution in [0, 0.1) is 20.8 Å². The highest BCUT2D eigenvalue weighted by molar-refractivity contribution is 5.80. The molecule has 5 aromatic rings. The first-order chi connectivity index (χ1) is 16.5. The fourth-order valence-electron chi connectivity index (χ4n) is 4.56. The van der Waals surface area contributed by atoms with Gasteiger partial charge >= 0.3 is 0 Å². The Balaban J connectivity index is 1.54. The molecule has 0 aliphatic rings. The second kappa shape index (κ2) is 8.74. The van der Waals surface area contributed by atoms with E-state index in [1.54, 1.807) is 0 Å². The van der Waals surface area contributed by atoms with Crippen LogP contribution in [0.25, 0.3) is 33.8 Å². The van der Waals surface area contributed by atoms with E-state index in [9.17, 15) is 0 Å². The molecule has 0 amide bonds. The van der Waals surface area contributed by atoms with Crippen molar-refractivity contribution in [2.24, 2.45) is 0 Å². The van der Waals surface area contributed by atoms with Gasteiger partial charge in [0.1, 0.15) is 5.52 Å². The van der Waals surface area contributed by atoms with E-state index in [2.05, 4.69) is 86.9 Å². The number of fused-ring (bicyclic) bond motifs is 1. The number of ether oxygens (including phenoxy) is 1. The van der Waals surface area contributed by atoms with Gasteiger partial charge in [-0.3, -0.25) is 4.57 Å². The number of benzene rings is 1. The second-order valence-corrected chi connectivity index (χ2v) is 8.39. The molecule has 1 aromatic carbocycles. The van der Waals surface area contributed by atoms with Crippen molar-refractivity contribution in [3.8, 4) is 28.7 Å². The Kier molecular flexibility index (Phi) is 5.61. The van der Waals surface area contributed by atoms with Gasteiger partial charge in [-0.25, -0.2) is 4.98 Å². The van der Waals surface area contributed by atoms with Gasteiger partial charge in [0.2, 0.25) is 5.82 Å². The number of pyridine rings is 1. The predicted octanol–water partition coefficient (Wildman–Crippen LogP) is 4.47. The smallest absolute Gasteiger partial charge is 0.298 e. The molecule has 0 aliphatic carbocycles. The van der Waals surface area contributed by atoms with Gasteiger partial charge in [0, 0.05) is 23.5 Å². The van der Waals surface area contributed by atoms with Crippen molar-refractivity contribution < 1.29 is 4.74 Å². The van der Waals surface area contributed by atoms with Crippen molar-refractivity contribution in [3.63, 3.8) is 0 Å². The molecule has 0 bridgehead atoms. The van der Waals surface area contributed by atoms with Crippen LogP contribution in [-0.2, 0) is 13.1 Å². The van der Waals surface area contributed by atoms with E-state index >= 15 is 0 Å². The molecule has 0 fully saturated rings. The molecule has 0 saturated carbocycles. The van der Waals surface area contributed by atoms with Gasteiger partial charge in [0.05, 0.1) is 18.8 Å². The summed E-state index contributed by atoms with van der Waals surface area (Å²) >= 11 is 0. The number of H-pyrrole nitrogens is 1. The third-order valence-electron chi connectivity index (χ3n) is 6.03. The Hall–Kier alpha value is -4.01. The lowest BCUT2D eigenvalue weighted by molar-refractivity contribution is 0.301. The largest absolute Gasteiger partial charge is 0.465 e. The summed E-state index contributed by atoms with van der Waals surface area (Å²) in [7, 11) is 0. The Morgan fingerprint density at radius 2 is 1.76 bits per heavy atom. The normalized spacial score (nSPS) is 11.4. The molecule has 0 atom stereocenters. The molecule has 0 aliphatic heterocycles. The molecule has 0 radical (unpaired) electrons. The molecule has 1 N–H and O–H groups in total. The van der Waals surface area contributed by atoms with E-state index in [4.69, 9.17) is 14.7 Å². The summed E-state index contributed by atoms with van der Waals surface area (Å²) in [5.41, 5.74) is 9.24. The topological polar surface area (TPSA) is 99.3 Å². The average molecular weight is 457 g/mol. The number of rotatable bonds is 7. The lowest BCUT2D eigenvalue weighted by atomic mass is 10.0. The molecule has 9 nitrogen and oxygen atoms in total. The third kappa shape index (κ3) is 3.72. The van der Waals surface area contributed by atoms with Crippen molar-refractivity contribution >= 4 is 11.2 Å². The van der Waals surface area contributed by atoms with Crippen LogP contribution < -0.4 is 4.74 Å². The molecule has 4 aromatic heterocycles. The molecule has 34 heavy (non-hydrogen) atoms. The molecule has 0 spiro atoms. The van der Waals surface area contributed by atoms with Gasteiger partial charge in [-0.05, 0) is 68.7 Å². The van der Waals surface area contributed by atoms with Gasteiger partial charge in [-0.15, -0.1) is 10.2 Å². The van der Waals surface area contributed by atoms with E-state index in [0.717, 1.165) is 57.0 Å². The van der Waals surface area contributed by atoms with E-state index < -0.39 is 0 Å². The van der Waals surface area contributed by atoms with Gasteiger partial charge < -0.3 is 9.30 Å². The first kappa shape index (κ1) is 21.8. The number of aryl methyl sites for hydroxylation is 3. The molecule has 0 saturated heterocycles. The molecule has 174 valence electrons. The Morgan fingerprint density at radius 3 is 2.44 bits per heavy atom. The van der Waals surface area contributed by atoms with Crippen molar-refractivity contribution in [2.75, 3.05) is 6.61 Å². The summed E-state index contributed by atoms with van der Waals surface area (Å²) in [5, 5.41) is 14.7. The highest BCUT2D eigenvalue weighted by Gasteiger charge is 2.19. The van der Waals surface area contributed by atoms with Crippen LogP contribution in [0.1, 0.15) is 36.4 Å². The number of hydrogen-bond donors (Lipinski definition) is 1. The highest BCUT2D eigenvalue weighted by atomic mass is 16.5. The summed E-state index contributed by atoms with van der Waals surface area (Å²) in [4.78, 5) is 9.48. The standard InChI is InChI=1S/C25H28N8O/c1-6-32-17(5)13-20(23-28-30-31-29-23)22(32)19-10-8-18(9-11-19)14-33-24-21(27-25(33)34-7-2)15(3)12-16(4)26-24/h8-13H,6-7,14H2,1-5H3,(H,28,29,30,31). The molecule has 9 heteroatoms. The highest BCUT2D eigenvalue weighted by Crippen LogP contribution is 2.34. The lowest BCUT2D eigenvalue weighted by Gasteiger charge is -2.12. The number of nitrogens with one attached hydrogen (secondary N) is 1. The van der Waals surface area contributed by atoms with Crippen LogP contribution in [0.4, 0.5) is 0 Å². The van der Waals surface area contributed by atoms with Crippen molar-refractivity contribution in [2.45, 2.75) is 47.7 Å². The van der Waals surface area contributed by atoms with Crippen LogP contribution in [0.5, 0.6) is 6.01 Å². The average Bonchev–Trinajstić information content (AvgIpc) is 3.54. The summed E-state index contributed by atoms with van der Waals surface area (Å²) in [6, 6.07) is 13.3.